The third-order valence-corrected chi connectivity index (χ3v) is 8.38. The number of aromatic nitrogens is 4. The second kappa shape index (κ2) is 12.1. The largest absolute Gasteiger partial charge is 0.416 e. The van der Waals surface area contributed by atoms with Crippen molar-refractivity contribution in [3.63, 3.8) is 0 Å². The summed E-state index contributed by atoms with van der Waals surface area (Å²) in [5.74, 6) is 0.725. The van der Waals surface area contributed by atoms with Crippen molar-refractivity contribution < 1.29 is 26.3 Å². The summed E-state index contributed by atoms with van der Waals surface area (Å²) < 4.78 is 81.8. The van der Waals surface area contributed by atoms with E-state index in [4.69, 9.17) is 0 Å². The van der Waals surface area contributed by atoms with Gasteiger partial charge in [0.05, 0.1) is 18.2 Å². The minimum absolute atomic E-state index is 0.131. The Labute approximate surface area is 241 Å². The number of hydrogen-bond donors (Lipinski definition) is 0. The minimum atomic E-state index is -4.93. The molecule has 0 N–H and O–H groups in total. The lowest BCUT2D eigenvalue weighted by Gasteiger charge is -2.32. The molecule has 2 aliphatic rings. The van der Waals surface area contributed by atoms with Gasteiger partial charge in [-0.25, -0.2) is 0 Å². The molecule has 0 spiro atoms. The van der Waals surface area contributed by atoms with Gasteiger partial charge < -0.3 is 9.80 Å². The van der Waals surface area contributed by atoms with Gasteiger partial charge in [0.25, 0.3) is 5.95 Å². The van der Waals surface area contributed by atoms with Crippen molar-refractivity contribution in [3.05, 3.63) is 63.7 Å². The van der Waals surface area contributed by atoms with Gasteiger partial charge in [-0.2, -0.15) is 31.1 Å². The summed E-state index contributed by atoms with van der Waals surface area (Å²) in [6, 6.07) is 6.10. The molecule has 0 bridgehead atoms. The van der Waals surface area contributed by atoms with Crippen LogP contribution in [0.3, 0.4) is 0 Å². The molecule has 1 fully saturated rings. The monoisotopic (exact) mass is 594 g/mol. The Morgan fingerprint density at radius 1 is 0.810 bits per heavy atom. The van der Waals surface area contributed by atoms with Crippen LogP contribution < -0.4 is 9.80 Å². The minimum Gasteiger partial charge on any atom is -0.371 e. The van der Waals surface area contributed by atoms with Crippen molar-refractivity contribution in [3.8, 4) is 0 Å². The van der Waals surface area contributed by atoms with Gasteiger partial charge in [-0.3, -0.25) is 0 Å². The summed E-state index contributed by atoms with van der Waals surface area (Å²) in [7, 11) is 1.56. The van der Waals surface area contributed by atoms with E-state index in [1.54, 1.807) is 11.9 Å². The number of halogens is 6. The van der Waals surface area contributed by atoms with E-state index in [0.29, 0.717) is 5.92 Å². The van der Waals surface area contributed by atoms with Crippen molar-refractivity contribution in [1.82, 2.24) is 20.2 Å². The van der Waals surface area contributed by atoms with Crippen LogP contribution >= 0.6 is 0 Å². The molecule has 5 rings (SSSR count). The summed E-state index contributed by atoms with van der Waals surface area (Å²) in [4.78, 5) is 5.20. The van der Waals surface area contributed by atoms with Gasteiger partial charge >= 0.3 is 12.4 Å². The summed E-state index contributed by atoms with van der Waals surface area (Å²) in [5, 5.41) is 12.2. The first-order valence-electron chi connectivity index (χ1n) is 14.6. The second-order valence-corrected chi connectivity index (χ2v) is 11.5. The molecule has 3 aromatic rings. The van der Waals surface area contributed by atoms with Crippen LogP contribution in [0.5, 0.6) is 0 Å². The number of tetrazole rings is 1. The quantitative estimate of drug-likeness (QED) is 0.243. The molecule has 2 aliphatic carbocycles. The fraction of sp³-hybridized carbons (Fsp3) is 0.567. The van der Waals surface area contributed by atoms with E-state index in [-0.39, 0.29) is 30.7 Å². The molecule has 0 unspecified atom stereocenters. The maximum Gasteiger partial charge on any atom is 0.416 e. The van der Waals surface area contributed by atoms with Gasteiger partial charge in [-0.05, 0) is 103 Å². The molecule has 0 amide bonds. The van der Waals surface area contributed by atoms with Crippen LogP contribution in [0.25, 0.3) is 0 Å². The smallest absolute Gasteiger partial charge is 0.371 e. The van der Waals surface area contributed by atoms with Crippen molar-refractivity contribution in [2.75, 3.05) is 22.9 Å². The Balaban J connectivity index is 1.55. The maximum atomic E-state index is 13.6. The summed E-state index contributed by atoms with van der Waals surface area (Å²) >= 11 is 0. The van der Waals surface area contributed by atoms with Gasteiger partial charge in [0.1, 0.15) is 0 Å². The van der Waals surface area contributed by atoms with Crippen LogP contribution in [-0.2, 0) is 45.3 Å². The average Bonchev–Trinajstić information content (AvgIpc) is 3.61. The van der Waals surface area contributed by atoms with Crippen LogP contribution in [0.1, 0.15) is 78.8 Å². The van der Waals surface area contributed by atoms with E-state index in [2.05, 4.69) is 39.4 Å². The Kier molecular flexibility index (Phi) is 8.71. The first kappa shape index (κ1) is 30.2. The molecule has 0 saturated heterocycles. The van der Waals surface area contributed by atoms with Crippen molar-refractivity contribution in [1.29, 1.82) is 0 Å². The Morgan fingerprint density at radius 3 is 1.98 bits per heavy atom. The highest BCUT2D eigenvalue weighted by Crippen LogP contribution is 2.38. The van der Waals surface area contributed by atoms with E-state index < -0.39 is 23.5 Å². The number of nitrogens with zero attached hydrogens (tertiary/aromatic N) is 6. The zero-order chi connectivity index (χ0) is 30.1. The molecule has 1 saturated carbocycles. The SMILES string of the molecule is CCN(CC1CCCC1)c1cc2c(cc1CN(Cc1cc(C(F)(F)F)cc(C(F)(F)F)c1)c1nnn(C)n1)CCCC2. The van der Waals surface area contributed by atoms with Gasteiger partial charge in [-0.1, -0.05) is 24.0 Å². The van der Waals surface area contributed by atoms with Crippen molar-refractivity contribution in [2.45, 2.75) is 83.7 Å². The third-order valence-electron chi connectivity index (χ3n) is 8.38. The van der Waals surface area contributed by atoms with Crippen LogP contribution in [0.4, 0.5) is 38.0 Å². The highest BCUT2D eigenvalue weighted by atomic mass is 19.4. The number of benzene rings is 2. The molecular formula is C30H36F6N6. The van der Waals surface area contributed by atoms with Gasteiger partial charge in [0.2, 0.25) is 0 Å². The van der Waals surface area contributed by atoms with Crippen LogP contribution in [0, 0.1) is 5.92 Å². The topological polar surface area (TPSA) is 50.1 Å². The molecule has 2 aromatic carbocycles. The molecule has 1 aromatic heterocycles. The number of rotatable bonds is 9. The maximum absolute atomic E-state index is 13.6. The lowest BCUT2D eigenvalue weighted by atomic mass is 9.89. The molecular weight excluding hydrogens is 558 g/mol. The van der Waals surface area contributed by atoms with Crippen molar-refractivity contribution in [2.24, 2.45) is 13.0 Å². The number of fused-ring (bicyclic) bond motifs is 1. The van der Waals surface area contributed by atoms with Crippen LogP contribution in [0.15, 0.2) is 30.3 Å². The van der Waals surface area contributed by atoms with Gasteiger partial charge in [-0.15, -0.1) is 5.10 Å². The van der Waals surface area contributed by atoms with E-state index in [1.807, 2.05) is 0 Å². The number of alkyl halides is 6. The summed E-state index contributed by atoms with van der Waals surface area (Å²) in [6.45, 7) is 3.75. The van der Waals surface area contributed by atoms with Gasteiger partial charge in [0.15, 0.2) is 0 Å². The number of hydrogen-bond acceptors (Lipinski definition) is 5. The molecule has 0 aliphatic heterocycles. The lowest BCUT2D eigenvalue weighted by Crippen LogP contribution is -2.31. The lowest BCUT2D eigenvalue weighted by molar-refractivity contribution is -0.143. The fourth-order valence-electron chi connectivity index (χ4n) is 6.28. The first-order chi connectivity index (χ1) is 19.9. The molecule has 1 heterocycles. The molecule has 228 valence electrons. The average molecular weight is 595 g/mol. The third kappa shape index (κ3) is 7.00. The van der Waals surface area contributed by atoms with Crippen LogP contribution in [0.2, 0.25) is 0 Å². The standard InChI is InChI=1S/C30H36F6N6/c1-3-41(17-20-8-4-5-9-20)27-15-23-11-7-6-10-22(23)14-24(27)19-42(28-37-39-40(2)38-28)18-21-12-25(29(31,32)33)16-26(13-21)30(34,35)36/h12-16,20H,3-11,17-19H2,1-2H3. The normalized spacial score (nSPS) is 16.1. The summed E-state index contributed by atoms with van der Waals surface area (Å²) in [5.41, 5.74) is 1.72. The first-order valence-corrected chi connectivity index (χ1v) is 14.6. The zero-order valence-electron chi connectivity index (χ0n) is 23.9. The highest BCUT2D eigenvalue weighted by molar-refractivity contribution is 5.59. The van der Waals surface area contributed by atoms with E-state index in [1.165, 1.54) is 41.6 Å². The van der Waals surface area contributed by atoms with E-state index in [9.17, 15) is 26.3 Å². The Morgan fingerprint density at radius 2 is 1.43 bits per heavy atom. The number of anilines is 2. The fourth-order valence-corrected chi connectivity index (χ4v) is 6.28. The Hall–Kier alpha value is -3.31. The molecule has 0 atom stereocenters. The van der Waals surface area contributed by atoms with E-state index in [0.717, 1.165) is 62.2 Å². The predicted octanol–water partition coefficient (Wildman–Crippen LogP) is 7.35. The Bertz CT molecular complexity index is 1340. The molecule has 6 nitrogen and oxygen atoms in total. The number of aryl methyl sites for hydroxylation is 3. The molecule has 42 heavy (non-hydrogen) atoms. The highest BCUT2D eigenvalue weighted by Gasteiger charge is 2.37. The second-order valence-electron chi connectivity index (χ2n) is 11.5. The zero-order valence-corrected chi connectivity index (χ0v) is 23.9. The van der Waals surface area contributed by atoms with Crippen molar-refractivity contribution >= 4 is 11.6 Å². The molecule has 0 radical (unpaired) electrons. The summed E-state index contributed by atoms with van der Waals surface area (Å²) in [6.07, 6.45) is -0.929. The predicted molar refractivity (Wildman–Crippen MR) is 148 cm³/mol. The van der Waals surface area contributed by atoms with Gasteiger partial charge in [0, 0.05) is 31.9 Å². The molecule has 12 heteroatoms. The van der Waals surface area contributed by atoms with E-state index >= 15 is 0 Å². The van der Waals surface area contributed by atoms with Crippen LogP contribution in [-0.4, -0.2) is 33.3 Å².